The van der Waals surface area contributed by atoms with E-state index in [4.69, 9.17) is 4.98 Å². The molecule has 0 unspecified atom stereocenters. The Labute approximate surface area is 153 Å². The van der Waals surface area contributed by atoms with Crippen LogP contribution < -0.4 is 10.6 Å². The number of rotatable bonds is 6. The number of benzene rings is 1. The van der Waals surface area contributed by atoms with E-state index in [-0.39, 0.29) is 5.91 Å². The zero-order chi connectivity index (χ0) is 18.8. The Kier molecular flexibility index (Phi) is 5.08. The van der Waals surface area contributed by atoms with Gasteiger partial charge in [0.05, 0.1) is 22.3 Å². The first kappa shape index (κ1) is 18.1. The van der Waals surface area contributed by atoms with Crippen molar-refractivity contribution in [1.29, 1.82) is 0 Å². The number of fused-ring (bicyclic) bond motifs is 2. The predicted molar refractivity (Wildman–Crippen MR) is 107 cm³/mol. The predicted octanol–water partition coefficient (Wildman–Crippen LogP) is 2.75. The molecule has 1 aromatic carbocycles. The molecule has 0 aliphatic carbocycles. The lowest BCUT2D eigenvalue weighted by Gasteiger charge is -2.14. The summed E-state index contributed by atoms with van der Waals surface area (Å²) in [5.41, 5.74) is 4.43. The van der Waals surface area contributed by atoms with E-state index >= 15 is 0 Å². The number of hydrogen-bond acceptors (Lipinski definition) is 5. The third-order valence-corrected chi connectivity index (χ3v) is 4.34. The van der Waals surface area contributed by atoms with Crippen molar-refractivity contribution < 1.29 is 4.79 Å². The van der Waals surface area contributed by atoms with Crippen LogP contribution in [0.15, 0.2) is 18.2 Å². The molecule has 3 aromatic rings. The quantitative estimate of drug-likeness (QED) is 0.666. The van der Waals surface area contributed by atoms with E-state index in [0.717, 1.165) is 58.5 Å². The smallest absolute Gasteiger partial charge is 0.221 e. The van der Waals surface area contributed by atoms with Crippen LogP contribution in [-0.2, 0) is 11.8 Å². The molecule has 138 valence electrons. The summed E-state index contributed by atoms with van der Waals surface area (Å²) in [6.07, 6.45) is 1.04. The second-order valence-electron chi connectivity index (χ2n) is 6.89. The first-order chi connectivity index (χ1) is 12.4. The highest BCUT2D eigenvalue weighted by atomic mass is 16.1. The van der Waals surface area contributed by atoms with E-state index in [1.54, 1.807) is 4.68 Å². The molecule has 0 atom stereocenters. The van der Waals surface area contributed by atoms with Crippen LogP contribution in [-0.4, -0.2) is 52.8 Å². The summed E-state index contributed by atoms with van der Waals surface area (Å²) in [5, 5.41) is 13.0. The van der Waals surface area contributed by atoms with Crippen LogP contribution in [0, 0.1) is 6.92 Å². The second-order valence-corrected chi connectivity index (χ2v) is 6.89. The zero-order valence-corrected chi connectivity index (χ0v) is 16.1. The summed E-state index contributed by atoms with van der Waals surface area (Å²) in [6, 6.07) is 5.82. The molecule has 0 radical (unpaired) electrons. The van der Waals surface area contributed by atoms with E-state index in [1.165, 1.54) is 6.92 Å². The number of pyridine rings is 1. The molecule has 1 amide bonds. The van der Waals surface area contributed by atoms with Gasteiger partial charge in [-0.25, -0.2) is 4.98 Å². The Morgan fingerprint density at radius 2 is 2.08 bits per heavy atom. The molecular weight excluding hydrogens is 328 g/mol. The third kappa shape index (κ3) is 3.62. The molecule has 2 heterocycles. The summed E-state index contributed by atoms with van der Waals surface area (Å²) >= 11 is 0. The first-order valence-electron chi connectivity index (χ1n) is 8.80. The number of nitrogens with zero attached hydrogens (tertiary/aromatic N) is 4. The van der Waals surface area contributed by atoms with Gasteiger partial charge in [-0.1, -0.05) is 0 Å². The number of carbonyl (C=O) groups excluding carboxylic acids is 1. The van der Waals surface area contributed by atoms with Crippen molar-refractivity contribution >= 4 is 39.2 Å². The highest BCUT2D eigenvalue weighted by Gasteiger charge is 2.16. The van der Waals surface area contributed by atoms with Crippen LogP contribution >= 0.6 is 0 Å². The Bertz CT molecular complexity index is 960. The van der Waals surface area contributed by atoms with E-state index in [1.807, 2.05) is 32.2 Å². The Balaban J connectivity index is 2.08. The van der Waals surface area contributed by atoms with Crippen molar-refractivity contribution in [3.63, 3.8) is 0 Å². The first-order valence-corrected chi connectivity index (χ1v) is 8.80. The van der Waals surface area contributed by atoms with Crippen molar-refractivity contribution in [2.24, 2.45) is 7.05 Å². The molecule has 2 N–H and O–H groups in total. The van der Waals surface area contributed by atoms with Crippen LogP contribution in [0.1, 0.15) is 19.0 Å². The largest absolute Gasteiger partial charge is 0.384 e. The summed E-state index contributed by atoms with van der Waals surface area (Å²) in [7, 11) is 6.06. The lowest BCUT2D eigenvalue weighted by Crippen LogP contribution is -2.16. The number of hydrogen-bond donors (Lipinski definition) is 2. The Hall–Kier alpha value is -2.67. The molecule has 0 fully saturated rings. The number of nitrogens with one attached hydrogen (secondary N) is 2. The molecule has 0 aliphatic rings. The SMILES string of the molecule is CC(=O)Nc1ccc2c(NCCCN(C)C)c3c(C)nn(C)c3nc2c1. The average Bonchev–Trinajstić information content (AvgIpc) is 2.84. The van der Waals surface area contributed by atoms with E-state index in [0.29, 0.717) is 0 Å². The van der Waals surface area contributed by atoms with Gasteiger partial charge in [0.15, 0.2) is 5.65 Å². The fraction of sp³-hybridized carbons (Fsp3) is 0.421. The van der Waals surface area contributed by atoms with E-state index in [9.17, 15) is 4.79 Å². The van der Waals surface area contributed by atoms with Gasteiger partial charge in [0.2, 0.25) is 5.91 Å². The average molecular weight is 354 g/mol. The normalized spacial score (nSPS) is 11.5. The number of carbonyl (C=O) groups is 1. The fourth-order valence-electron chi connectivity index (χ4n) is 3.22. The molecule has 26 heavy (non-hydrogen) atoms. The maximum Gasteiger partial charge on any atom is 0.221 e. The van der Waals surface area contributed by atoms with Gasteiger partial charge in [-0.15, -0.1) is 0 Å². The van der Waals surface area contributed by atoms with Crippen molar-refractivity contribution in [1.82, 2.24) is 19.7 Å². The lowest BCUT2D eigenvalue weighted by molar-refractivity contribution is -0.114. The van der Waals surface area contributed by atoms with Crippen molar-refractivity contribution in [2.75, 3.05) is 37.8 Å². The van der Waals surface area contributed by atoms with Crippen molar-refractivity contribution in [2.45, 2.75) is 20.3 Å². The molecule has 7 heteroatoms. The molecule has 0 saturated carbocycles. The van der Waals surface area contributed by atoms with E-state index < -0.39 is 0 Å². The van der Waals surface area contributed by atoms with Gasteiger partial charge in [-0.2, -0.15) is 5.10 Å². The van der Waals surface area contributed by atoms with Crippen LogP contribution in [0.2, 0.25) is 0 Å². The second kappa shape index (κ2) is 7.29. The molecule has 7 nitrogen and oxygen atoms in total. The number of amides is 1. The maximum atomic E-state index is 11.4. The summed E-state index contributed by atoms with van der Waals surface area (Å²) in [4.78, 5) is 18.3. The zero-order valence-electron chi connectivity index (χ0n) is 16.1. The van der Waals surface area contributed by atoms with Gasteiger partial charge in [0.1, 0.15) is 0 Å². The minimum absolute atomic E-state index is 0.0937. The highest BCUT2D eigenvalue weighted by Crippen LogP contribution is 2.33. The third-order valence-electron chi connectivity index (χ3n) is 4.34. The lowest BCUT2D eigenvalue weighted by atomic mass is 10.1. The van der Waals surface area contributed by atoms with Crippen LogP contribution in [0.4, 0.5) is 11.4 Å². The molecule has 0 saturated heterocycles. The topological polar surface area (TPSA) is 75.1 Å². The van der Waals surface area contributed by atoms with Gasteiger partial charge in [-0.3, -0.25) is 9.48 Å². The summed E-state index contributed by atoms with van der Waals surface area (Å²) < 4.78 is 1.81. The van der Waals surface area contributed by atoms with Gasteiger partial charge >= 0.3 is 0 Å². The monoisotopic (exact) mass is 354 g/mol. The van der Waals surface area contributed by atoms with Crippen LogP contribution in [0.25, 0.3) is 21.9 Å². The van der Waals surface area contributed by atoms with Crippen molar-refractivity contribution in [3.05, 3.63) is 23.9 Å². The molecule has 0 aliphatic heterocycles. The van der Waals surface area contributed by atoms with Gasteiger partial charge in [-0.05, 0) is 52.2 Å². The minimum Gasteiger partial charge on any atom is -0.384 e. The Morgan fingerprint density at radius 1 is 1.31 bits per heavy atom. The Morgan fingerprint density at radius 3 is 2.77 bits per heavy atom. The van der Waals surface area contributed by atoms with Gasteiger partial charge in [0.25, 0.3) is 0 Å². The van der Waals surface area contributed by atoms with Gasteiger partial charge in [0, 0.05) is 31.6 Å². The number of aryl methyl sites for hydroxylation is 2. The van der Waals surface area contributed by atoms with Crippen molar-refractivity contribution in [3.8, 4) is 0 Å². The molecule has 0 bridgehead atoms. The molecule has 2 aromatic heterocycles. The maximum absolute atomic E-state index is 11.4. The van der Waals surface area contributed by atoms with E-state index in [2.05, 4.69) is 34.7 Å². The highest BCUT2D eigenvalue weighted by molar-refractivity contribution is 6.08. The standard InChI is InChI=1S/C19H26N6O/c1-12-17-18(20-9-6-10-24(3)4)15-8-7-14(21-13(2)26)11-16(15)22-19(17)25(5)23-12/h7-8,11H,6,9-10H2,1-5H3,(H,20,22)(H,21,26). The number of aromatic nitrogens is 3. The van der Waals surface area contributed by atoms with Crippen LogP contribution in [0.3, 0.4) is 0 Å². The van der Waals surface area contributed by atoms with Crippen LogP contribution in [0.5, 0.6) is 0 Å². The minimum atomic E-state index is -0.0937. The summed E-state index contributed by atoms with van der Waals surface area (Å²) in [6.45, 7) is 5.40. The molecular formula is C19H26N6O. The number of anilines is 2. The molecule has 3 rings (SSSR count). The summed E-state index contributed by atoms with van der Waals surface area (Å²) in [5.74, 6) is -0.0937. The van der Waals surface area contributed by atoms with Gasteiger partial charge < -0.3 is 15.5 Å². The molecule has 0 spiro atoms. The fourth-order valence-corrected chi connectivity index (χ4v) is 3.22.